The third kappa shape index (κ3) is 3.20. The minimum Gasteiger partial charge on any atom is -0.462 e. The van der Waals surface area contributed by atoms with Crippen molar-refractivity contribution in [1.82, 2.24) is 14.6 Å². The largest absolute Gasteiger partial charge is 0.462 e. The highest BCUT2D eigenvalue weighted by Crippen LogP contribution is 2.28. The third-order valence-electron chi connectivity index (χ3n) is 4.77. The molecule has 1 saturated heterocycles. The second kappa shape index (κ2) is 7.25. The molecule has 1 fully saturated rings. The molecule has 1 aliphatic heterocycles. The van der Waals surface area contributed by atoms with E-state index >= 15 is 0 Å². The van der Waals surface area contributed by atoms with Gasteiger partial charge in [0.25, 0.3) is 0 Å². The number of aromatic nitrogens is 3. The molecule has 2 aromatic heterocycles. The first kappa shape index (κ1) is 16.7. The molecular formula is C20H21N3O3. The lowest BCUT2D eigenvalue weighted by Gasteiger charge is -2.21. The van der Waals surface area contributed by atoms with E-state index in [1.165, 1.54) is 5.56 Å². The van der Waals surface area contributed by atoms with Crippen LogP contribution >= 0.6 is 0 Å². The SMILES string of the molecule is CCOC(=O)c1ccc(-c2cnc3cc(C4CCOCC4)cnn23)cc1. The highest BCUT2D eigenvalue weighted by molar-refractivity contribution is 5.90. The predicted molar refractivity (Wildman–Crippen MR) is 97.2 cm³/mol. The van der Waals surface area contributed by atoms with E-state index in [1.807, 2.05) is 29.0 Å². The van der Waals surface area contributed by atoms with Crippen LogP contribution in [0.4, 0.5) is 0 Å². The molecule has 26 heavy (non-hydrogen) atoms. The normalized spacial score (nSPS) is 15.3. The van der Waals surface area contributed by atoms with Crippen molar-refractivity contribution in [3.63, 3.8) is 0 Å². The second-order valence-electron chi connectivity index (χ2n) is 6.39. The number of benzene rings is 1. The van der Waals surface area contributed by atoms with Gasteiger partial charge in [-0.1, -0.05) is 12.1 Å². The van der Waals surface area contributed by atoms with Gasteiger partial charge in [-0.05, 0) is 49.4 Å². The van der Waals surface area contributed by atoms with Crippen LogP contribution in [-0.4, -0.2) is 40.4 Å². The maximum Gasteiger partial charge on any atom is 0.338 e. The number of esters is 1. The smallest absolute Gasteiger partial charge is 0.338 e. The number of ether oxygens (including phenoxy) is 2. The summed E-state index contributed by atoms with van der Waals surface area (Å²) >= 11 is 0. The molecule has 0 amide bonds. The molecule has 0 aliphatic carbocycles. The molecule has 0 saturated carbocycles. The molecule has 0 N–H and O–H groups in total. The number of fused-ring (bicyclic) bond motifs is 1. The van der Waals surface area contributed by atoms with Crippen molar-refractivity contribution >= 4 is 11.6 Å². The van der Waals surface area contributed by atoms with E-state index in [0.717, 1.165) is 43.0 Å². The minimum atomic E-state index is -0.309. The zero-order valence-corrected chi connectivity index (χ0v) is 14.7. The number of carbonyl (C=O) groups excluding carboxylic acids is 1. The lowest BCUT2D eigenvalue weighted by molar-refractivity contribution is 0.0526. The van der Waals surface area contributed by atoms with Gasteiger partial charge in [-0.3, -0.25) is 0 Å². The molecule has 1 aromatic carbocycles. The van der Waals surface area contributed by atoms with Crippen LogP contribution in [-0.2, 0) is 9.47 Å². The Kier molecular flexibility index (Phi) is 4.67. The van der Waals surface area contributed by atoms with Gasteiger partial charge in [0.1, 0.15) is 0 Å². The summed E-state index contributed by atoms with van der Waals surface area (Å²) in [6, 6.07) is 9.43. The number of nitrogens with zero attached hydrogens (tertiary/aromatic N) is 3. The van der Waals surface area contributed by atoms with Gasteiger partial charge >= 0.3 is 5.97 Å². The quantitative estimate of drug-likeness (QED) is 0.674. The van der Waals surface area contributed by atoms with Crippen LogP contribution in [0.5, 0.6) is 0 Å². The first-order chi connectivity index (χ1) is 12.8. The Morgan fingerprint density at radius 2 is 2.00 bits per heavy atom. The van der Waals surface area contributed by atoms with Crippen molar-refractivity contribution in [1.29, 1.82) is 0 Å². The molecule has 0 bridgehead atoms. The molecule has 6 heteroatoms. The number of hydrogen-bond acceptors (Lipinski definition) is 5. The van der Waals surface area contributed by atoms with Crippen LogP contribution in [0, 0.1) is 0 Å². The summed E-state index contributed by atoms with van der Waals surface area (Å²) in [5.74, 6) is 0.182. The van der Waals surface area contributed by atoms with Gasteiger partial charge in [-0.15, -0.1) is 0 Å². The fourth-order valence-corrected chi connectivity index (χ4v) is 3.33. The zero-order chi connectivity index (χ0) is 17.9. The Bertz CT molecular complexity index is 912. The molecule has 0 spiro atoms. The van der Waals surface area contributed by atoms with Crippen molar-refractivity contribution in [2.24, 2.45) is 0 Å². The second-order valence-corrected chi connectivity index (χ2v) is 6.39. The summed E-state index contributed by atoms with van der Waals surface area (Å²) in [7, 11) is 0. The maximum absolute atomic E-state index is 11.8. The topological polar surface area (TPSA) is 65.7 Å². The van der Waals surface area contributed by atoms with E-state index < -0.39 is 0 Å². The molecule has 4 rings (SSSR count). The summed E-state index contributed by atoms with van der Waals surface area (Å²) in [5, 5.41) is 4.60. The molecule has 0 radical (unpaired) electrons. The van der Waals surface area contributed by atoms with E-state index in [0.29, 0.717) is 18.1 Å². The van der Waals surface area contributed by atoms with Gasteiger partial charge in [-0.2, -0.15) is 5.10 Å². The lowest BCUT2D eigenvalue weighted by Crippen LogP contribution is -2.14. The molecule has 6 nitrogen and oxygen atoms in total. The Morgan fingerprint density at radius 1 is 1.23 bits per heavy atom. The summed E-state index contributed by atoms with van der Waals surface area (Å²) in [6.07, 6.45) is 5.80. The molecule has 3 aromatic rings. The lowest BCUT2D eigenvalue weighted by atomic mass is 9.93. The van der Waals surface area contributed by atoms with Gasteiger partial charge in [0, 0.05) is 18.8 Å². The monoisotopic (exact) mass is 351 g/mol. The number of imidazole rings is 1. The van der Waals surface area contributed by atoms with Gasteiger partial charge in [0.2, 0.25) is 0 Å². The van der Waals surface area contributed by atoms with Crippen molar-refractivity contribution in [3.8, 4) is 11.3 Å². The highest BCUT2D eigenvalue weighted by atomic mass is 16.5. The number of rotatable bonds is 4. The van der Waals surface area contributed by atoms with Gasteiger partial charge in [-0.25, -0.2) is 14.3 Å². The molecular weight excluding hydrogens is 330 g/mol. The standard InChI is InChI=1S/C20H21N3O3/c1-2-26-20(24)16-5-3-15(4-6-16)18-13-21-19-11-17(12-22-23(18)19)14-7-9-25-10-8-14/h3-6,11-14H,2,7-10H2,1H3. The fourth-order valence-electron chi connectivity index (χ4n) is 3.33. The van der Waals surface area contributed by atoms with Crippen molar-refractivity contribution in [2.75, 3.05) is 19.8 Å². The fraction of sp³-hybridized carbons (Fsp3) is 0.350. The van der Waals surface area contributed by atoms with E-state index in [-0.39, 0.29) is 5.97 Å². The third-order valence-corrected chi connectivity index (χ3v) is 4.77. The Hall–Kier alpha value is -2.73. The summed E-state index contributed by atoms with van der Waals surface area (Å²) in [6.45, 7) is 3.78. The molecule has 1 aliphatic rings. The molecule has 3 heterocycles. The summed E-state index contributed by atoms with van der Waals surface area (Å²) in [4.78, 5) is 16.3. The number of carbonyl (C=O) groups is 1. The molecule has 134 valence electrons. The Balaban J connectivity index is 1.62. The average Bonchev–Trinajstić information content (AvgIpc) is 3.12. The highest BCUT2D eigenvalue weighted by Gasteiger charge is 2.18. The summed E-state index contributed by atoms with van der Waals surface area (Å²) in [5.41, 5.74) is 4.44. The van der Waals surface area contributed by atoms with E-state index in [1.54, 1.807) is 19.1 Å². The Labute approximate surface area is 151 Å². The van der Waals surface area contributed by atoms with E-state index in [4.69, 9.17) is 9.47 Å². The van der Waals surface area contributed by atoms with Crippen molar-refractivity contribution < 1.29 is 14.3 Å². The van der Waals surface area contributed by atoms with Crippen molar-refractivity contribution in [3.05, 3.63) is 53.9 Å². The van der Waals surface area contributed by atoms with Gasteiger partial charge in [0.15, 0.2) is 5.65 Å². The molecule has 0 unspecified atom stereocenters. The van der Waals surface area contributed by atoms with Crippen LogP contribution in [0.3, 0.4) is 0 Å². The summed E-state index contributed by atoms with van der Waals surface area (Å²) < 4.78 is 12.3. The maximum atomic E-state index is 11.8. The van der Waals surface area contributed by atoms with Crippen LogP contribution in [0.15, 0.2) is 42.7 Å². The predicted octanol–water partition coefficient (Wildman–Crippen LogP) is 3.47. The first-order valence-corrected chi connectivity index (χ1v) is 8.95. The van der Waals surface area contributed by atoms with Gasteiger partial charge < -0.3 is 9.47 Å². The first-order valence-electron chi connectivity index (χ1n) is 8.95. The van der Waals surface area contributed by atoms with Crippen LogP contribution in [0.25, 0.3) is 16.9 Å². The minimum absolute atomic E-state index is 0.309. The van der Waals surface area contributed by atoms with Crippen LogP contribution in [0.1, 0.15) is 41.6 Å². The van der Waals surface area contributed by atoms with Crippen LogP contribution < -0.4 is 0 Å². The average molecular weight is 351 g/mol. The van der Waals surface area contributed by atoms with Crippen LogP contribution in [0.2, 0.25) is 0 Å². The number of hydrogen-bond donors (Lipinski definition) is 0. The Morgan fingerprint density at radius 3 is 2.73 bits per heavy atom. The van der Waals surface area contributed by atoms with Gasteiger partial charge in [0.05, 0.1) is 30.3 Å². The van der Waals surface area contributed by atoms with E-state index in [2.05, 4.69) is 16.1 Å². The molecule has 0 atom stereocenters. The van der Waals surface area contributed by atoms with E-state index in [9.17, 15) is 4.79 Å². The zero-order valence-electron chi connectivity index (χ0n) is 14.7. The van der Waals surface area contributed by atoms with Crippen molar-refractivity contribution in [2.45, 2.75) is 25.7 Å².